The van der Waals surface area contributed by atoms with Crippen LogP contribution in [0.4, 0.5) is 0 Å². The monoisotopic (exact) mass is 248 g/mol. The van der Waals surface area contributed by atoms with E-state index in [2.05, 4.69) is 22.3 Å². The van der Waals surface area contributed by atoms with Crippen molar-refractivity contribution in [2.24, 2.45) is 24.8 Å². The Morgan fingerprint density at radius 2 is 2.22 bits per heavy atom. The average molecular weight is 248 g/mol. The lowest BCUT2D eigenvalue weighted by Gasteiger charge is -2.20. The van der Waals surface area contributed by atoms with Crippen LogP contribution in [0.2, 0.25) is 0 Å². The van der Waals surface area contributed by atoms with Gasteiger partial charge in [0.15, 0.2) is 0 Å². The molecular weight excluding hydrogens is 224 g/mol. The molecule has 2 saturated carbocycles. The molecule has 0 bridgehead atoms. The number of aromatic nitrogens is 3. The lowest BCUT2D eigenvalue weighted by molar-refractivity contribution is 0.393. The normalized spacial score (nSPS) is 31.3. The Bertz CT molecular complexity index is 390. The predicted octanol–water partition coefficient (Wildman–Crippen LogP) is 1.77. The maximum atomic E-state index is 4.38. The van der Waals surface area contributed by atoms with Crippen molar-refractivity contribution >= 4 is 0 Å². The first-order valence-electron chi connectivity index (χ1n) is 7.37. The molecule has 0 aromatic carbocycles. The largest absolute Gasteiger partial charge is 0.313 e. The zero-order chi connectivity index (χ0) is 12.5. The SMILES string of the molecule is CCCNC(Cc1ncnn1C)C1C2CCCC21. The third kappa shape index (κ3) is 2.18. The fraction of sp³-hybridized carbons (Fsp3) is 0.857. The highest BCUT2D eigenvalue weighted by molar-refractivity contribution is 5.08. The van der Waals surface area contributed by atoms with Gasteiger partial charge in [-0.15, -0.1) is 0 Å². The van der Waals surface area contributed by atoms with Crippen LogP contribution >= 0.6 is 0 Å². The molecule has 0 saturated heterocycles. The van der Waals surface area contributed by atoms with E-state index < -0.39 is 0 Å². The minimum Gasteiger partial charge on any atom is -0.313 e. The first-order chi connectivity index (χ1) is 8.81. The van der Waals surface area contributed by atoms with E-state index in [0.29, 0.717) is 6.04 Å². The smallest absolute Gasteiger partial charge is 0.138 e. The van der Waals surface area contributed by atoms with Gasteiger partial charge in [0.1, 0.15) is 12.2 Å². The highest BCUT2D eigenvalue weighted by Gasteiger charge is 2.55. The Balaban J connectivity index is 1.65. The molecule has 3 unspecified atom stereocenters. The molecule has 0 amide bonds. The lowest BCUT2D eigenvalue weighted by atomic mass is 10.0. The van der Waals surface area contributed by atoms with Crippen molar-refractivity contribution in [3.63, 3.8) is 0 Å². The summed E-state index contributed by atoms with van der Waals surface area (Å²) >= 11 is 0. The van der Waals surface area contributed by atoms with Crippen molar-refractivity contribution in [2.75, 3.05) is 6.54 Å². The van der Waals surface area contributed by atoms with Crippen molar-refractivity contribution in [3.05, 3.63) is 12.2 Å². The number of fused-ring (bicyclic) bond motifs is 1. The Hall–Kier alpha value is -0.900. The fourth-order valence-electron chi connectivity index (χ4n) is 3.85. The van der Waals surface area contributed by atoms with Gasteiger partial charge in [0.25, 0.3) is 0 Å². The maximum absolute atomic E-state index is 4.38. The maximum Gasteiger partial charge on any atom is 0.138 e. The van der Waals surface area contributed by atoms with Gasteiger partial charge in [-0.05, 0) is 43.6 Å². The van der Waals surface area contributed by atoms with E-state index >= 15 is 0 Å². The summed E-state index contributed by atoms with van der Waals surface area (Å²) in [5.41, 5.74) is 0. The number of hydrogen-bond donors (Lipinski definition) is 1. The Kier molecular flexibility index (Phi) is 3.37. The van der Waals surface area contributed by atoms with E-state index in [1.54, 1.807) is 6.33 Å². The molecule has 3 atom stereocenters. The van der Waals surface area contributed by atoms with E-state index in [4.69, 9.17) is 0 Å². The summed E-state index contributed by atoms with van der Waals surface area (Å²) in [7, 11) is 1.99. The van der Waals surface area contributed by atoms with Crippen LogP contribution in [0, 0.1) is 17.8 Å². The first kappa shape index (κ1) is 12.2. The second kappa shape index (κ2) is 5.00. The zero-order valence-electron chi connectivity index (χ0n) is 11.5. The highest BCUT2D eigenvalue weighted by Crippen LogP contribution is 2.59. The number of nitrogens with zero attached hydrogens (tertiary/aromatic N) is 3. The van der Waals surface area contributed by atoms with Crippen molar-refractivity contribution in [1.29, 1.82) is 0 Å². The van der Waals surface area contributed by atoms with Crippen LogP contribution in [0.3, 0.4) is 0 Å². The van der Waals surface area contributed by atoms with Gasteiger partial charge in [0, 0.05) is 19.5 Å². The van der Waals surface area contributed by atoms with Crippen molar-refractivity contribution in [3.8, 4) is 0 Å². The summed E-state index contributed by atoms with van der Waals surface area (Å²) in [5.74, 6) is 4.04. The van der Waals surface area contributed by atoms with Crippen LogP contribution in [0.25, 0.3) is 0 Å². The van der Waals surface area contributed by atoms with Gasteiger partial charge in [0.2, 0.25) is 0 Å². The Morgan fingerprint density at radius 3 is 2.83 bits per heavy atom. The Labute approximate surface area is 109 Å². The van der Waals surface area contributed by atoms with Crippen LogP contribution in [0.15, 0.2) is 6.33 Å². The minimum absolute atomic E-state index is 0.614. The molecule has 2 fully saturated rings. The average Bonchev–Trinajstić information content (AvgIpc) is 2.74. The lowest BCUT2D eigenvalue weighted by Crippen LogP contribution is -2.36. The molecule has 2 aliphatic carbocycles. The van der Waals surface area contributed by atoms with Crippen LogP contribution in [-0.2, 0) is 13.5 Å². The summed E-state index contributed by atoms with van der Waals surface area (Å²) in [6.07, 6.45) is 8.28. The summed E-state index contributed by atoms with van der Waals surface area (Å²) < 4.78 is 1.92. The van der Waals surface area contributed by atoms with E-state index in [1.807, 2.05) is 11.7 Å². The van der Waals surface area contributed by atoms with Gasteiger partial charge in [-0.25, -0.2) is 4.98 Å². The molecule has 100 valence electrons. The zero-order valence-corrected chi connectivity index (χ0v) is 11.5. The highest BCUT2D eigenvalue weighted by atomic mass is 15.3. The van der Waals surface area contributed by atoms with Crippen molar-refractivity contribution < 1.29 is 0 Å². The van der Waals surface area contributed by atoms with E-state index in [9.17, 15) is 0 Å². The summed E-state index contributed by atoms with van der Waals surface area (Å²) in [4.78, 5) is 4.38. The molecule has 4 nitrogen and oxygen atoms in total. The van der Waals surface area contributed by atoms with Gasteiger partial charge >= 0.3 is 0 Å². The minimum atomic E-state index is 0.614. The number of rotatable bonds is 6. The summed E-state index contributed by atoms with van der Waals surface area (Å²) in [6, 6.07) is 0.614. The van der Waals surface area contributed by atoms with Crippen LogP contribution in [0.1, 0.15) is 38.4 Å². The molecular formula is C14H24N4. The standard InChI is InChI=1S/C14H24N4/c1-3-7-15-12(8-13-16-9-17-18(13)2)14-10-5-4-6-11(10)14/h9-12,14-15H,3-8H2,1-2H3. The molecule has 1 aromatic rings. The fourth-order valence-corrected chi connectivity index (χ4v) is 3.85. The molecule has 1 N–H and O–H groups in total. The van der Waals surface area contributed by atoms with Gasteiger partial charge in [-0.2, -0.15) is 5.10 Å². The summed E-state index contributed by atoms with van der Waals surface area (Å²) in [5, 5.41) is 7.92. The predicted molar refractivity (Wildman–Crippen MR) is 71.1 cm³/mol. The van der Waals surface area contributed by atoms with Crippen LogP contribution < -0.4 is 5.32 Å². The summed E-state index contributed by atoms with van der Waals surface area (Å²) in [6.45, 7) is 3.36. The van der Waals surface area contributed by atoms with Crippen LogP contribution in [-0.4, -0.2) is 27.4 Å². The van der Waals surface area contributed by atoms with Crippen LogP contribution in [0.5, 0.6) is 0 Å². The molecule has 3 rings (SSSR count). The van der Waals surface area contributed by atoms with Crippen molar-refractivity contribution in [1.82, 2.24) is 20.1 Å². The van der Waals surface area contributed by atoms with E-state index in [-0.39, 0.29) is 0 Å². The first-order valence-corrected chi connectivity index (χ1v) is 7.37. The van der Waals surface area contributed by atoms with Crippen molar-refractivity contribution in [2.45, 2.75) is 45.1 Å². The van der Waals surface area contributed by atoms with Gasteiger partial charge in [0.05, 0.1) is 0 Å². The number of nitrogens with one attached hydrogen (secondary N) is 1. The Morgan fingerprint density at radius 1 is 1.44 bits per heavy atom. The molecule has 4 heteroatoms. The quantitative estimate of drug-likeness (QED) is 0.834. The molecule has 0 aliphatic heterocycles. The second-order valence-corrected chi connectivity index (χ2v) is 5.90. The molecule has 1 aromatic heterocycles. The molecule has 1 heterocycles. The topological polar surface area (TPSA) is 42.7 Å². The number of aryl methyl sites for hydroxylation is 1. The van der Waals surface area contributed by atoms with Gasteiger partial charge in [-0.1, -0.05) is 13.3 Å². The molecule has 0 spiro atoms. The molecule has 0 radical (unpaired) electrons. The van der Waals surface area contributed by atoms with E-state index in [1.165, 1.54) is 25.7 Å². The second-order valence-electron chi connectivity index (χ2n) is 5.90. The number of hydrogen-bond acceptors (Lipinski definition) is 3. The van der Waals surface area contributed by atoms with Gasteiger partial charge in [-0.3, -0.25) is 4.68 Å². The molecule has 2 aliphatic rings. The van der Waals surface area contributed by atoms with Gasteiger partial charge < -0.3 is 5.32 Å². The molecule has 18 heavy (non-hydrogen) atoms. The third-order valence-corrected chi connectivity index (χ3v) is 4.80. The van der Waals surface area contributed by atoms with E-state index in [0.717, 1.165) is 36.5 Å². The third-order valence-electron chi connectivity index (χ3n) is 4.80.